The molecule has 0 spiro atoms. The molecule has 1 aliphatic carbocycles. The summed E-state index contributed by atoms with van der Waals surface area (Å²) in [5.74, 6) is 0.488. The summed E-state index contributed by atoms with van der Waals surface area (Å²) in [6.07, 6.45) is 3.66. The van der Waals surface area contributed by atoms with Crippen LogP contribution in [0.5, 0.6) is 0 Å². The van der Waals surface area contributed by atoms with Crippen molar-refractivity contribution in [3.8, 4) is 0 Å². The van der Waals surface area contributed by atoms with Gasteiger partial charge in [0.2, 0.25) is 5.89 Å². The molecule has 1 aromatic rings. The topological polar surface area (TPSA) is 77.0 Å². The zero-order chi connectivity index (χ0) is 9.26. The number of rotatable bonds is 3. The van der Waals surface area contributed by atoms with E-state index in [-0.39, 0.29) is 6.04 Å². The normalized spacial score (nSPS) is 19.5. The number of anilines is 1. The monoisotopic (exact) mass is 182 g/mol. The Morgan fingerprint density at radius 2 is 2.31 bits per heavy atom. The van der Waals surface area contributed by atoms with Crippen molar-refractivity contribution in [2.24, 2.45) is 5.73 Å². The van der Waals surface area contributed by atoms with Crippen LogP contribution in [0.3, 0.4) is 0 Å². The predicted octanol–water partition coefficient (Wildman–Crippen LogP) is 1.05. The van der Waals surface area contributed by atoms with Gasteiger partial charge in [-0.05, 0) is 26.2 Å². The molecule has 5 nitrogen and oxygen atoms in total. The first-order chi connectivity index (χ1) is 6.25. The highest BCUT2D eigenvalue weighted by Gasteiger charge is 2.19. The lowest BCUT2D eigenvalue weighted by atomic mass is 9.93. The summed E-state index contributed by atoms with van der Waals surface area (Å²) in [5.41, 5.74) is 5.58. The molecule has 0 bridgehead atoms. The van der Waals surface area contributed by atoms with Gasteiger partial charge < -0.3 is 15.5 Å². The third-order valence-corrected chi connectivity index (χ3v) is 2.26. The minimum absolute atomic E-state index is 0.190. The van der Waals surface area contributed by atoms with Crippen LogP contribution in [0.2, 0.25) is 0 Å². The molecular formula is C8H14N4O. The van der Waals surface area contributed by atoms with Crippen LogP contribution in [0, 0.1) is 0 Å². The Bertz CT molecular complexity index is 279. The average Bonchev–Trinajstić information content (AvgIpc) is 2.44. The van der Waals surface area contributed by atoms with Crippen molar-refractivity contribution in [1.82, 2.24) is 10.2 Å². The largest absolute Gasteiger partial charge is 0.406 e. The van der Waals surface area contributed by atoms with Crippen LogP contribution < -0.4 is 11.1 Å². The van der Waals surface area contributed by atoms with Crippen LogP contribution in [0.1, 0.15) is 38.1 Å². The molecule has 5 heteroatoms. The fourth-order valence-corrected chi connectivity index (χ4v) is 1.20. The average molecular weight is 182 g/mol. The van der Waals surface area contributed by atoms with Crippen LogP contribution in [0.25, 0.3) is 0 Å². The van der Waals surface area contributed by atoms with Crippen LogP contribution in [0.4, 0.5) is 6.01 Å². The molecular weight excluding hydrogens is 168 g/mol. The second-order valence-corrected chi connectivity index (χ2v) is 3.51. The van der Waals surface area contributed by atoms with Gasteiger partial charge in [0.15, 0.2) is 0 Å². The molecule has 0 saturated heterocycles. The first kappa shape index (κ1) is 8.50. The van der Waals surface area contributed by atoms with Gasteiger partial charge in [0, 0.05) is 6.04 Å². The Morgan fingerprint density at radius 1 is 1.54 bits per heavy atom. The first-order valence-corrected chi connectivity index (χ1v) is 4.61. The van der Waals surface area contributed by atoms with E-state index < -0.39 is 0 Å². The quantitative estimate of drug-likeness (QED) is 0.730. The van der Waals surface area contributed by atoms with Gasteiger partial charge in [-0.25, -0.2) is 0 Å². The summed E-state index contributed by atoms with van der Waals surface area (Å²) in [7, 11) is 0. The maximum absolute atomic E-state index is 5.58. The fraction of sp³-hybridized carbons (Fsp3) is 0.750. The molecule has 0 aliphatic heterocycles. The maximum atomic E-state index is 5.58. The second-order valence-electron chi connectivity index (χ2n) is 3.51. The molecule has 1 aliphatic rings. The molecule has 1 aromatic heterocycles. The van der Waals surface area contributed by atoms with Crippen molar-refractivity contribution in [2.45, 2.75) is 38.3 Å². The van der Waals surface area contributed by atoms with Gasteiger partial charge >= 0.3 is 6.01 Å². The molecule has 1 fully saturated rings. The lowest BCUT2D eigenvalue weighted by molar-refractivity contribution is 0.417. The molecule has 13 heavy (non-hydrogen) atoms. The van der Waals surface area contributed by atoms with Gasteiger partial charge in [-0.15, -0.1) is 5.10 Å². The number of hydrogen-bond acceptors (Lipinski definition) is 5. The lowest BCUT2D eigenvalue weighted by Crippen LogP contribution is -2.27. The highest BCUT2D eigenvalue weighted by Crippen LogP contribution is 2.22. The number of nitrogens with two attached hydrogens (primary N) is 1. The summed E-state index contributed by atoms with van der Waals surface area (Å²) in [6, 6.07) is 0.822. The van der Waals surface area contributed by atoms with Crippen LogP contribution >= 0.6 is 0 Å². The molecule has 3 N–H and O–H groups in total. The minimum Gasteiger partial charge on any atom is -0.406 e. The van der Waals surface area contributed by atoms with Gasteiger partial charge in [-0.2, -0.15) is 0 Å². The van der Waals surface area contributed by atoms with Crippen molar-refractivity contribution in [3.05, 3.63) is 5.89 Å². The summed E-state index contributed by atoms with van der Waals surface area (Å²) >= 11 is 0. The van der Waals surface area contributed by atoms with E-state index in [0.29, 0.717) is 17.9 Å². The number of aromatic nitrogens is 2. The third kappa shape index (κ3) is 1.80. The first-order valence-electron chi connectivity index (χ1n) is 4.61. The maximum Gasteiger partial charge on any atom is 0.315 e. The Labute approximate surface area is 76.7 Å². The Hall–Kier alpha value is -1.10. The fourth-order valence-electron chi connectivity index (χ4n) is 1.20. The SMILES string of the molecule is CC(N)c1nnc(NC2CCC2)o1. The van der Waals surface area contributed by atoms with E-state index in [1.165, 1.54) is 19.3 Å². The summed E-state index contributed by atoms with van der Waals surface area (Å²) < 4.78 is 5.29. The molecule has 72 valence electrons. The van der Waals surface area contributed by atoms with Crippen LogP contribution in [-0.4, -0.2) is 16.2 Å². The van der Waals surface area contributed by atoms with Crippen LogP contribution in [0.15, 0.2) is 4.42 Å². The highest BCUT2D eigenvalue weighted by molar-refractivity contribution is 5.20. The van der Waals surface area contributed by atoms with E-state index in [1.54, 1.807) is 0 Å². The Balaban J connectivity index is 1.96. The predicted molar refractivity (Wildman–Crippen MR) is 48.2 cm³/mol. The smallest absolute Gasteiger partial charge is 0.315 e. The lowest BCUT2D eigenvalue weighted by Gasteiger charge is -2.24. The summed E-state index contributed by atoms with van der Waals surface area (Å²) in [4.78, 5) is 0. The Morgan fingerprint density at radius 3 is 2.77 bits per heavy atom. The number of nitrogens with one attached hydrogen (secondary N) is 1. The van der Waals surface area contributed by atoms with Crippen LogP contribution in [-0.2, 0) is 0 Å². The molecule has 2 rings (SSSR count). The third-order valence-electron chi connectivity index (χ3n) is 2.26. The van der Waals surface area contributed by atoms with Gasteiger partial charge in [0.25, 0.3) is 0 Å². The highest BCUT2D eigenvalue weighted by atomic mass is 16.4. The standard InChI is InChI=1S/C8H14N4O/c1-5(9)7-11-12-8(13-7)10-6-3-2-4-6/h5-6H,2-4,9H2,1H3,(H,10,12). The molecule has 1 heterocycles. The molecule has 1 unspecified atom stereocenters. The van der Waals surface area contributed by atoms with Gasteiger partial charge in [-0.3, -0.25) is 0 Å². The molecule has 1 atom stereocenters. The zero-order valence-corrected chi connectivity index (χ0v) is 7.66. The van der Waals surface area contributed by atoms with Crippen molar-refractivity contribution in [3.63, 3.8) is 0 Å². The van der Waals surface area contributed by atoms with Crippen molar-refractivity contribution >= 4 is 6.01 Å². The number of nitrogens with zero attached hydrogens (tertiary/aromatic N) is 2. The van der Waals surface area contributed by atoms with Gasteiger partial charge in [0.05, 0.1) is 6.04 Å². The Kier molecular flexibility index (Phi) is 2.18. The van der Waals surface area contributed by atoms with Gasteiger partial charge in [0.1, 0.15) is 0 Å². The summed E-state index contributed by atoms with van der Waals surface area (Å²) in [6.45, 7) is 1.82. The summed E-state index contributed by atoms with van der Waals surface area (Å²) in [5, 5.41) is 10.8. The van der Waals surface area contributed by atoms with Crippen molar-refractivity contribution < 1.29 is 4.42 Å². The molecule has 0 aromatic carbocycles. The van der Waals surface area contributed by atoms with E-state index in [9.17, 15) is 0 Å². The van der Waals surface area contributed by atoms with Crippen molar-refractivity contribution in [2.75, 3.05) is 5.32 Å². The number of hydrogen-bond donors (Lipinski definition) is 2. The second kappa shape index (κ2) is 3.33. The van der Waals surface area contributed by atoms with E-state index >= 15 is 0 Å². The van der Waals surface area contributed by atoms with Crippen molar-refractivity contribution in [1.29, 1.82) is 0 Å². The molecule has 1 saturated carbocycles. The van der Waals surface area contributed by atoms with E-state index in [4.69, 9.17) is 10.2 Å². The molecule has 0 radical (unpaired) electrons. The van der Waals surface area contributed by atoms with E-state index in [1.807, 2.05) is 6.92 Å². The zero-order valence-electron chi connectivity index (χ0n) is 7.66. The molecule has 0 amide bonds. The van der Waals surface area contributed by atoms with Gasteiger partial charge in [-0.1, -0.05) is 5.10 Å². The minimum atomic E-state index is -0.190. The van der Waals surface area contributed by atoms with E-state index in [2.05, 4.69) is 15.5 Å². The van der Waals surface area contributed by atoms with E-state index in [0.717, 1.165) is 0 Å².